The highest BCUT2D eigenvalue weighted by atomic mass is 127. The first-order valence-electron chi connectivity index (χ1n) is 11.2. The van der Waals surface area contributed by atoms with Crippen molar-refractivity contribution in [1.29, 1.82) is 0 Å². The standard InChI is InChI=1S/C27H25IN2O5/c1-15(2)24(25(31)29-23-12-11-16(28)13-21(23)26(32)33)30-27(34)35-14-22-19-9-5-3-7-17(19)18-8-4-6-10-20(18)22/h3-13,15,22,24H,14H2,1-2H3,(H,29,31)(H,30,34)(H,32,33)/t24-/m0/s1. The fraction of sp³-hybridized carbons (Fsp3) is 0.222. The average Bonchev–Trinajstić information content (AvgIpc) is 3.15. The maximum absolute atomic E-state index is 13.0. The fourth-order valence-corrected chi connectivity index (χ4v) is 4.81. The molecule has 0 aliphatic heterocycles. The van der Waals surface area contributed by atoms with Gasteiger partial charge < -0.3 is 20.5 Å². The van der Waals surface area contributed by atoms with E-state index in [4.69, 9.17) is 4.74 Å². The summed E-state index contributed by atoms with van der Waals surface area (Å²) in [5.41, 5.74) is 4.60. The van der Waals surface area contributed by atoms with Crippen LogP contribution in [0.1, 0.15) is 41.3 Å². The molecule has 0 aromatic heterocycles. The van der Waals surface area contributed by atoms with Crippen LogP contribution in [0.2, 0.25) is 0 Å². The number of carbonyl (C=O) groups is 3. The van der Waals surface area contributed by atoms with Crippen molar-refractivity contribution in [2.45, 2.75) is 25.8 Å². The van der Waals surface area contributed by atoms with Crippen LogP contribution >= 0.6 is 22.6 Å². The van der Waals surface area contributed by atoms with E-state index in [1.54, 1.807) is 19.9 Å². The van der Waals surface area contributed by atoms with Crippen LogP contribution in [0.15, 0.2) is 66.7 Å². The van der Waals surface area contributed by atoms with Gasteiger partial charge in [-0.05, 0) is 69.0 Å². The van der Waals surface area contributed by atoms with Gasteiger partial charge in [0.1, 0.15) is 12.6 Å². The van der Waals surface area contributed by atoms with Crippen molar-refractivity contribution in [3.05, 3.63) is 87.0 Å². The van der Waals surface area contributed by atoms with Crippen LogP contribution in [0.3, 0.4) is 0 Å². The Balaban J connectivity index is 1.44. The van der Waals surface area contributed by atoms with E-state index in [0.29, 0.717) is 0 Å². The van der Waals surface area contributed by atoms with Crippen LogP contribution in [-0.2, 0) is 9.53 Å². The molecular weight excluding hydrogens is 559 g/mol. The third-order valence-electron chi connectivity index (χ3n) is 6.04. The Morgan fingerprint density at radius 1 is 0.971 bits per heavy atom. The number of halogens is 1. The zero-order valence-corrected chi connectivity index (χ0v) is 21.4. The second kappa shape index (κ2) is 10.5. The van der Waals surface area contributed by atoms with Gasteiger partial charge in [0, 0.05) is 9.49 Å². The van der Waals surface area contributed by atoms with E-state index in [1.807, 2.05) is 59.0 Å². The highest BCUT2D eigenvalue weighted by molar-refractivity contribution is 14.1. The fourth-order valence-electron chi connectivity index (χ4n) is 4.31. The van der Waals surface area contributed by atoms with Crippen molar-refractivity contribution < 1.29 is 24.2 Å². The molecule has 1 aliphatic carbocycles. The van der Waals surface area contributed by atoms with Gasteiger partial charge in [0.15, 0.2) is 0 Å². The van der Waals surface area contributed by atoms with Crippen molar-refractivity contribution in [3.8, 4) is 11.1 Å². The van der Waals surface area contributed by atoms with Crippen molar-refractivity contribution in [2.24, 2.45) is 5.92 Å². The third-order valence-corrected chi connectivity index (χ3v) is 6.71. The lowest BCUT2D eigenvalue weighted by Gasteiger charge is -2.22. The van der Waals surface area contributed by atoms with Gasteiger partial charge in [-0.1, -0.05) is 62.4 Å². The molecule has 7 nitrogen and oxygen atoms in total. The maximum atomic E-state index is 13.0. The van der Waals surface area contributed by atoms with Gasteiger partial charge in [0.25, 0.3) is 0 Å². The number of anilines is 1. The molecule has 0 saturated heterocycles. The van der Waals surface area contributed by atoms with Crippen molar-refractivity contribution in [2.75, 3.05) is 11.9 Å². The maximum Gasteiger partial charge on any atom is 0.407 e. The third kappa shape index (κ3) is 5.32. The number of aromatic carboxylic acids is 1. The van der Waals surface area contributed by atoms with E-state index in [2.05, 4.69) is 22.8 Å². The van der Waals surface area contributed by atoms with Crippen molar-refractivity contribution in [1.82, 2.24) is 5.32 Å². The molecule has 0 fully saturated rings. The lowest BCUT2D eigenvalue weighted by atomic mass is 9.98. The molecule has 1 aliphatic rings. The van der Waals surface area contributed by atoms with Crippen molar-refractivity contribution in [3.63, 3.8) is 0 Å². The van der Waals surface area contributed by atoms with Gasteiger partial charge >= 0.3 is 12.1 Å². The number of carboxylic acids is 1. The molecule has 0 radical (unpaired) electrons. The highest BCUT2D eigenvalue weighted by Crippen LogP contribution is 2.44. The lowest BCUT2D eigenvalue weighted by molar-refractivity contribution is -0.119. The summed E-state index contributed by atoms with van der Waals surface area (Å²) < 4.78 is 6.30. The first kappa shape index (κ1) is 24.7. The smallest absolute Gasteiger partial charge is 0.407 e. The minimum absolute atomic E-state index is 0.0195. The summed E-state index contributed by atoms with van der Waals surface area (Å²) in [5, 5.41) is 14.7. The Labute approximate surface area is 217 Å². The Morgan fingerprint density at radius 3 is 2.14 bits per heavy atom. The quantitative estimate of drug-likeness (QED) is 0.319. The van der Waals surface area contributed by atoms with E-state index in [9.17, 15) is 19.5 Å². The minimum Gasteiger partial charge on any atom is -0.478 e. The van der Waals surface area contributed by atoms with Crippen LogP contribution in [0.25, 0.3) is 11.1 Å². The molecule has 3 aromatic carbocycles. The number of hydrogen-bond acceptors (Lipinski definition) is 4. The van der Waals surface area contributed by atoms with Crippen LogP contribution in [0.5, 0.6) is 0 Å². The van der Waals surface area contributed by atoms with Gasteiger partial charge in [-0.2, -0.15) is 0 Å². The number of amides is 2. The normalized spacial score (nSPS) is 13.0. The van der Waals surface area contributed by atoms with Gasteiger partial charge in [-0.15, -0.1) is 0 Å². The number of rotatable bonds is 7. The second-order valence-electron chi connectivity index (χ2n) is 8.68. The summed E-state index contributed by atoms with van der Waals surface area (Å²) in [7, 11) is 0. The summed E-state index contributed by atoms with van der Waals surface area (Å²) in [5.74, 6) is -2.02. The monoisotopic (exact) mass is 584 g/mol. The van der Waals surface area contributed by atoms with Gasteiger partial charge in [-0.25, -0.2) is 9.59 Å². The zero-order valence-electron chi connectivity index (χ0n) is 19.2. The van der Waals surface area contributed by atoms with Crippen molar-refractivity contribution >= 4 is 46.2 Å². The van der Waals surface area contributed by atoms with Gasteiger partial charge in [-0.3, -0.25) is 4.79 Å². The lowest BCUT2D eigenvalue weighted by Crippen LogP contribution is -2.47. The summed E-state index contributed by atoms with van der Waals surface area (Å²) in [6.07, 6.45) is -0.707. The summed E-state index contributed by atoms with van der Waals surface area (Å²) in [6, 6.07) is 19.9. The molecule has 180 valence electrons. The van der Waals surface area contributed by atoms with Gasteiger partial charge in [0.2, 0.25) is 5.91 Å². The number of benzene rings is 3. The van der Waals surface area contributed by atoms with E-state index in [0.717, 1.165) is 25.8 Å². The van der Waals surface area contributed by atoms with Crippen LogP contribution < -0.4 is 10.6 Å². The molecule has 0 unspecified atom stereocenters. The molecule has 35 heavy (non-hydrogen) atoms. The SMILES string of the molecule is CC(C)[C@H](NC(=O)OCC1c2ccccc2-c2ccccc21)C(=O)Nc1ccc(I)cc1C(=O)O. The molecule has 3 N–H and O–H groups in total. The number of carbonyl (C=O) groups excluding carboxylic acids is 2. The van der Waals surface area contributed by atoms with E-state index >= 15 is 0 Å². The summed E-state index contributed by atoms with van der Waals surface area (Å²) >= 11 is 2.01. The molecule has 2 amide bonds. The number of nitrogens with one attached hydrogen (secondary N) is 2. The Kier molecular flexibility index (Phi) is 7.39. The van der Waals surface area contributed by atoms with Crippen LogP contribution in [0.4, 0.5) is 10.5 Å². The average molecular weight is 584 g/mol. The molecule has 0 heterocycles. The summed E-state index contributed by atoms with van der Waals surface area (Å²) in [6.45, 7) is 3.71. The number of carboxylic acid groups (broad SMARTS) is 1. The molecule has 0 saturated carbocycles. The molecule has 0 spiro atoms. The Bertz CT molecular complexity index is 1240. The Morgan fingerprint density at radius 2 is 1.57 bits per heavy atom. The predicted octanol–water partition coefficient (Wildman–Crippen LogP) is 5.49. The number of hydrogen-bond donors (Lipinski definition) is 3. The second-order valence-corrected chi connectivity index (χ2v) is 9.92. The first-order valence-corrected chi connectivity index (χ1v) is 12.3. The summed E-state index contributed by atoms with van der Waals surface area (Å²) in [4.78, 5) is 37.2. The van der Waals surface area contributed by atoms with E-state index in [1.165, 1.54) is 12.1 Å². The topological polar surface area (TPSA) is 105 Å². The molecule has 3 aromatic rings. The van der Waals surface area contributed by atoms with Gasteiger partial charge in [0.05, 0.1) is 11.3 Å². The number of fused-ring (bicyclic) bond motifs is 3. The predicted molar refractivity (Wildman–Crippen MR) is 142 cm³/mol. The Hall–Kier alpha value is -3.40. The minimum atomic E-state index is -1.15. The molecule has 4 rings (SSSR count). The molecule has 1 atom stereocenters. The number of ether oxygens (including phenoxy) is 1. The van der Waals surface area contributed by atoms with Crippen LogP contribution in [0, 0.1) is 9.49 Å². The largest absolute Gasteiger partial charge is 0.478 e. The molecule has 8 heteroatoms. The highest BCUT2D eigenvalue weighted by Gasteiger charge is 2.30. The van der Waals surface area contributed by atoms with E-state index in [-0.39, 0.29) is 29.7 Å². The molecule has 0 bridgehead atoms. The first-order chi connectivity index (χ1) is 16.8. The number of alkyl carbamates (subject to hydrolysis) is 1. The van der Waals surface area contributed by atoms with Crippen LogP contribution in [-0.4, -0.2) is 35.7 Å². The van der Waals surface area contributed by atoms with E-state index < -0.39 is 24.0 Å². The zero-order chi connectivity index (χ0) is 25.1. The molecular formula is C27H25IN2O5.